The highest BCUT2D eigenvalue weighted by molar-refractivity contribution is 5.79. The summed E-state index contributed by atoms with van der Waals surface area (Å²) in [6.45, 7) is 3.64. The summed E-state index contributed by atoms with van der Waals surface area (Å²) in [5.74, 6) is 0.787. The predicted molar refractivity (Wildman–Crippen MR) is 76.9 cm³/mol. The second kappa shape index (κ2) is 6.41. The fourth-order valence-electron chi connectivity index (χ4n) is 3.08. The van der Waals surface area contributed by atoms with E-state index in [1.807, 2.05) is 12.1 Å². The fourth-order valence-corrected chi connectivity index (χ4v) is 3.08. The van der Waals surface area contributed by atoms with Crippen LogP contribution in [0.4, 0.5) is 0 Å². The quantitative estimate of drug-likeness (QED) is 0.875. The summed E-state index contributed by atoms with van der Waals surface area (Å²) in [6, 6.07) is 3.94. The van der Waals surface area contributed by atoms with Gasteiger partial charge >= 0.3 is 0 Å². The van der Waals surface area contributed by atoms with Crippen molar-refractivity contribution in [3.05, 3.63) is 23.9 Å². The minimum atomic E-state index is -0.0143. The molecule has 0 saturated carbocycles. The molecule has 2 atom stereocenters. The lowest BCUT2D eigenvalue weighted by atomic mass is 9.92. The SMILES string of the molecule is COc1ncccc1CN1CC[C@H]2C(=O)NCCO[C@H]2C1. The Bertz CT molecular complexity index is 509. The first-order valence-corrected chi connectivity index (χ1v) is 7.37. The minimum Gasteiger partial charge on any atom is -0.481 e. The van der Waals surface area contributed by atoms with Crippen molar-refractivity contribution in [1.82, 2.24) is 15.2 Å². The third kappa shape index (κ3) is 3.16. The number of aromatic nitrogens is 1. The lowest BCUT2D eigenvalue weighted by Crippen LogP contribution is -2.48. The van der Waals surface area contributed by atoms with Gasteiger partial charge in [0.15, 0.2) is 0 Å². The van der Waals surface area contributed by atoms with Crippen LogP contribution in [0.3, 0.4) is 0 Å². The number of fused-ring (bicyclic) bond motifs is 1. The molecule has 0 spiro atoms. The monoisotopic (exact) mass is 291 g/mol. The summed E-state index contributed by atoms with van der Waals surface area (Å²) in [4.78, 5) is 18.5. The number of hydrogen-bond donors (Lipinski definition) is 1. The lowest BCUT2D eigenvalue weighted by molar-refractivity contribution is -0.130. The Morgan fingerprint density at radius 3 is 3.33 bits per heavy atom. The highest BCUT2D eigenvalue weighted by Gasteiger charge is 2.36. The van der Waals surface area contributed by atoms with Gasteiger partial charge in [-0.3, -0.25) is 9.69 Å². The highest BCUT2D eigenvalue weighted by atomic mass is 16.5. The fraction of sp³-hybridized carbons (Fsp3) is 0.600. The van der Waals surface area contributed by atoms with Crippen LogP contribution in [-0.2, 0) is 16.1 Å². The van der Waals surface area contributed by atoms with Crippen LogP contribution in [0.15, 0.2) is 18.3 Å². The molecule has 2 aliphatic heterocycles. The average Bonchev–Trinajstić information content (AvgIpc) is 2.69. The molecule has 0 bridgehead atoms. The summed E-state index contributed by atoms with van der Waals surface area (Å²) in [6.07, 6.45) is 2.55. The minimum absolute atomic E-state index is 0.0103. The first-order valence-electron chi connectivity index (χ1n) is 7.37. The van der Waals surface area contributed by atoms with Crippen molar-refractivity contribution in [2.45, 2.75) is 19.1 Å². The zero-order valence-electron chi connectivity index (χ0n) is 12.2. The normalized spacial score (nSPS) is 26.6. The molecule has 0 radical (unpaired) electrons. The van der Waals surface area contributed by atoms with E-state index in [0.717, 1.165) is 31.6 Å². The van der Waals surface area contributed by atoms with Crippen molar-refractivity contribution in [3.63, 3.8) is 0 Å². The van der Waals surface area contributed by atoms with E-state index in [-0.39, 0.29) is 17.9 Å². The number of carbonyl (C=O) groups excluding carboxylic acids is 1. The van der Waals surface area contributed by atoms with Crippen LogP contribution in [0.5, 0.6) is 5.88 Å². The predicted octanol–water partition coefficient (Wildman–Crippen LogP) is 0.427. The molecule has 6 heteroatoms. The Kier molecular flexibility index (Phi) is 4.36. The van der Waals surface area contributed by atoms with E-state index in [4.69, 9.17) is 9.47 Å². The summed E-state index contributed by atoms with van der Waals surface area (Å²) < 4.78 is 11.1. The smallest absolute Gasteiger partial charge is 0.225 e. The molecule has 2 saturated heterocycles. The number of nitrogens with zero attached hydrogens (tertiary/aromatic N) is 2. The number of amides is 1. The third-order valence-corrected chi connectivity index (χ3v) is 4.15. The molecule has 2 fully saturated rings. The number of likely N-dealkylation sites (tertiary alicyclic amines) is 1. The van der Waals surface area contributed by atoms with Gasteiger partial charge in [0.05, 0.1) is 25.7 Å². The number of rotatable bonds is 3. The van der Waals surface area contributed by atoms with Gasteiger partial charge in [-0.2, -0.15) is 0 Å². The van der Waals surface area contributed by atoms with Crippen LogP contribution in [0.2, 0.25) is 0 Å². The maximum absolute atomic E-state index is 12.0. The molecule has 1 N–H and O–H groups in total. The maximum Gasteiger partial charge on any atom is 0.225 e. The molecule has 0 aliphatic carbocycles. The van der Waals surface area contributed by atoms with Gasteiger partial charge in [-0.1, -0.05) is 6.07 Å². The molecule has 1 aromatic rings. The number of nitrogens with one attached hydrogen (secondary N) is 1. The molecular formula is C15H21N3O3. The van der Waals surface area contributed by atoms with Gasteiger partial charge in [-0.05, 0) is 19.0 Å². The molecule has 1 amide bonds. The van der Waals surface area contributed by atoms with E-state index in [9.17, 15) is 4.79 Å². The largest absolute Gasteiger partial charge is 0.481 e. The Morgan fingerprint density at radius 1 is 1.57 bits per heavy atom. The zero-order valence-corrected chi connectivity index (χ0v) is 12.2. The Morgan fingerprint density at radius 2 is 2.48 bits per heavy atom. The molecule has 1 aromatic heterocycles. The van der Waals surface area contributed by atoms with E-state index in [0.29, 0.717) is 19.0 Å². The van der Waals surface area contributed by atoms with Crippen molar-refractivity contribution in [2.24, 2.45) is 5.92 Å². The van der Waals surface area contributed by atoms with Gasteiger partial charge in [0.25, 0.3) is 0 Å². The average molecular weight is 291 g/mol. The van der Waals surface area contributed by atoms with Gasteiger partial charge in [0, 0.05) is 31.4 Å². The first kappa shape index (κ1) is 14.3. The second-order valence-corrected chi connectivity index (χ2v) is 5.50. The number of hydrogen-bond acceptors (Lipinski definition) is 5. The van der Waals surface area contributed by atoms with E-state index < -0.39 is 0 Å². The molecule has 2 aliphatic rings. The number of piperidine rings is 1. The molecule has 21 heavy (non-hydrogen) atoms. The van der Waals surface area contributed by atoms with Crippen LogP contribution >= 0.6 is 0 Å². The van der Waals surface area contributed by atoms with E-state index in [1.54, 1.807) is 13.3 Å². The standard InChI is InChI=1S/C15H21N3O3/c1-20-15-11(3-2-5-17-15)9-18-7-4-12-13(10-18)21-8-6-16-14(12)19/h2-3,5,12-13H,4,6-10H2,1H3,(H,16,19)/t12-,13+/m1/s1. The second-order valence-electron chi connectivity index (χ2n) is 5.50. The topological polar surface area (TPSA) is 63.7 Å². The van der Waals surface area contributed by atoms with Gasteiger partial charge in [-0.25, -0.2) is 4.98 Å². The van der Waals surface area contributed by atoms with Crippen LogP contribution in [0, 0.1) is 5.92 Å². The maximum atomic E-state index is 12.0. The van der Waals surface area contributed by atoms with Crippen molar-refractivity contribution in [1.29, 1.82) is 0 Å². The van der Waals surface area contributed by atoms with E-state index >= 15 is 0 Å². The zero-order chi connectivity index (χ0) is 14.7. The summed E-state index contributed by atoms with van der Waals surface area (Å²) in [5.41, 5.74) is 1.07. The number of methoxy groups -OCH3 is 1. The molecule has 3 rings (SSSR count). The van der Waals surface area contributed by atoms with Crippen LogP contribution < -0.4 is 10.1 Å². The molecule has 6 nitrogen and oxygen atoms in total. The van der Waals surface area contributed by atoms with Gasteiger partial charge in [0.1, 0.15) is 0 Å². The highest BCUT2D eigenvalue weighted by Crippen LogP contribution is 2.25. The van der Waals surface area contributed by atoms with Gasteiger partial charge in [0.2, 0.25) is 11.8 Å². The van der Waals surface area contributed by atoms with Crippen molar-refractivity contribution >= 4 is 5.91 Å². The summed E-state index contributed by atoms with van der Waals surface area (Å²) in [5, 5.41) is 2.91. The van der Waals surface area contributed by atoms with E-state index in [2.05, 4.69) is 15.2 Å². The number of pyridine rings is 1. The third-order valence-electron chi connectivity index (χ3n) is 4.15. The van der Waals surface area contributed by atoms with Gasteiger partial charge < -0.3 is 14.8 Å². The Hall–Kier alpha value is -1.66. The first-order chi connectivity index (χ1) is 10.3. The molecule has 3 heterocycles. The van der Waals surface area contributed by atoms with Crippen LogP contribution in [0.25, 0.3) is 0 Å². The molecule has 0 aromatic carbocycles. The number of carbonyl (C=O) groups is 1. The van der Waals surface area contributed by atoms with E-state index in [1.165, 1.54) is 0 Å². The summed E-state index contributed by atoms with van der Waals surface area (Å²) in [7, 11) is 1.64. The molecule has 114 valence electrons. The van der Waals surface area contributed by atoms with Crippen LogP contribution in [-0.4, -0.2) is 55.2 Å². The Balaban J connectivity index is 1.67. The van der Waals surface area contributed by atoms with Crippen molar-refractivity contribution in [3.8, 4) is 5.88 Å². The number of ether oxygens (including phenoxy) is 2. The Labute approximate surface area is 124 Å². The molecule has 0 unspecified atom stereocenters. The molecular weight excluding hydrogens is 270 g/mol. The van der Waals surface area contributed by atoms with Crippen molar-refractivity contribution in [2.75, 3.05) is 33.4 Å². The lowest BCUT2D eigenvalue weighted by Gasteiger charge is -2.36. The van der Waals surface area contributed by atoms with Crippen molar-refractivity contribution < 1.29 is 14.3 Å². The van der Waals surface area contributed by atoms with Gasteiger partial charge in [-0.15, -0.1) is 0 Å². The van der Waals surface area contributed by atoms with Crippen LogP contribution in [0.1, 0.15) is 12.0 Å². The summed E-state index contributed by atoms with van der Waals surface area (Å²) >= 11 is 0.